The van der Waals surface area contributed by atoms with E-state index in [1.165, 1.54) is 10.9 Å². The zero-order valence-corrected chi connectivity index (χ0v) is 12.8. The lowest BCUT2D eigenvalue weighted by atomic mass is 10.1. The van der Waals surface area contributed by atoms with E-state index in [2.05, 4.69) is 21.8 Å². The molecule has 0 saturated carbocycles. The first-order valence-corrected chi connectivity index (χ1v) is 7.80. The second-order valence-electron chi connectivity index (χ2n) is 5.05. The average Bonchev–Trinajstić information content (AvgIpc) is 2.99. The summed E-state index contributed by atoms with van der Waals surface area (Å²) in [6.45, 7) is 2.80. The second kappa shape index (κ2) is 5.56. The van der Waals surface area contributed by atoms with Crippen LogP contribution in [0, 0.1) is 0 Å². The van der Waals surface area contributed by atoms with Gasteiger partial charge in [0.2, 0.25) is 0 Å². The van der Waals surface area contributed by atoms with E-state index in [4.69, 9.17) is 17.3 Å². The lowest BCUT2D eigenvalue weighted by molar-refractivity contribution is 0.734. The maximum absolute atomic E-state index is 6.14. The largest absolute Gasteiger partial charge is 0.340 e. The highest BCUT2D eigenvalue weighted by atomic mass is 35.5. The normalized spacial score (nSPS) is 12.9. The molecule has 3 rings (SSSR count). The number of nitrogens with zero attached hydrogens (tertiary/aromatic N) is 2. The summed E-state index contributed by atoms with van der Waals surface area (Å²) in [6.07, 6.45) is 4.87. The third-order valence-electron chi connectivity index (χ3n) is 3.26. The predicted molar refractivity (Wildman–Crippen MR) is 85.5 cm³/mol. The van der Waals surface area contributed by atoms with Crippen LogP contribution in [0.4, 0.5) is 0 Å². The molecule has 3 nitrogen and oxygen atoms in total. The maximum Gasteiger partial charge on any atom is 0.112 e. The van der Waals surface area contributed by atoms with Gasteiger partial charge in [0.05, 0.1) is 12.1 Å². The highest BCUT2D eigenvalue weighted by molar-refractivity contribution is 7.09. The number of thiazole rings is 1. The number of nitrogens with two attached hydrogens (primary N) is 1. The number of aromatic nitrogens is 2. The van der Waals surface area contributed by atoms with E-state index in [1.807, 2.05) is 30.6 Å². The van der Waals surface area contributed by atoms with Gasteiger partial charge in [-0.05, 0) is 31.0 Å². The van der Waals surface area contributed by atoms with Crippen LogP contribution in [0.2, 0.25) is 5.02 Å². The minimum absolute atomic E-state index is 0.143. The Bertz CT molecular complexity index is 716. The lowest BCUT2D eigenvalue weighted by Gasteiger charge is -2.02. The van der Waals surface area contributed by atoms with Gasteiger partial charge in [-0.1, -0.05) is 17.7 Å². The van der Waals surface area contributed by atoms with Crippen LogP contribution in [-0.4, -0.2) is 15.6 Å². The number of rotatable bonds is 4. The van der Waals surface area contributed by atoms with Crippen LogP contribution in [0.15, 0.2) is 36.0 Å². The van der Waals surface area contributed by atoms with E-state index in [9.17, 15) is 0 Å². The van der Waals surface area contributed by atoms with E-state index in [0.29, 0.717) is 0 Å². The Labute approximate surface area is 127 Å². The molecule has 0 radical (unpaired) electrons. The molecule has 2 heterocycles. The van der Waals surface area contributed by atoms with Crippen molar-refractivity contribution in [2.24, 2.45) is 5.73 Å². The molecule has 3 aromatic rings. The van der Waals surface area contributed by atoms with Crippen molar-refractivity contribution in [3.05, 3.63) is 51.6 Å². The number of benzene rings is 1. The number of fused-ring (bicyclic) bond motifs is 1. The second-order valence-corrected chi connectivity index (χ2v) is 6.47. The van der Waals surface area contributed by atoms with Gasteiger partial charge in [-0.3, -0.25) is 0 Å². The summed E-state index contributed by atoms with van der Waals surface area (Å²) < 4.78 is 2.21. The molecule has 0 aliphatic heterocycles. The fraction of sp³-hybridized carbons (Fsp3) is 0.267. The van der Waals surface area contributed by atoms with Crippen LogP contribution in [0.5, 0.6) is 0 Å². The molecule has 0 bridgehead atoms. The van der Waals surface area contributed by atoms with Gasteiger partial charge in [-0.25, -0.2) is 4.98 Å². The van der Waals surface area contributed by atoms with Gasteiger partial charge in [-0.15, -0.1) is 11.3 Å². The summed E-state index contributed by atoms with van der Waals surface area (Å²) in [5, 5.41) is 5.07. The molecule has 1 unspecified atom stereocenters. The zero-order chi connectivity index (χ0) is 14.1. The third-order valence-corrected chi connectivity index (χ3v) is 4.26. The standard InChI is InChI=1S/C15H16ClN3S/c1-10(17)6-11-8-19(9-15-18-4-5-20-15)14-7-12(16)2-3-13(11)14/h2-5,7-8,10H,6,9,17H2,1H3. The van der Waals surface area contributed by atoms with E-state index in [0.717, 1.165) is 28.5 Å². The Morgan fingerprint density at radius 2 is 2.30 bits per heavy atom. The Balaban J connectivity index is 2.08. The topological polar surface area (TPSA) is 43.8 Å². The molecule has 0 aliphatic carbocycles. The van der Waals surface area contributed by atoms with Crippen LogP contribution >= 0.6 is 22.9 Å². The Morgan fingerprint density at radius 1 is 1.45 bits per heavy atom. The summed E-state index contributed by atoms with van der Waals surface area (Å²) in [6, 6.07) is 6.16. The summed E-state index contributed by atoms with van der Waals surface area (Å²) in [4.78, 5) is 4.35. The first-order valence-electron chi connectivity index (χ1n) is 6.54. The summed E-state index contributed by atoms with van der Waals surface area (Å²) >= 11 is 7.80. The smallest absolute Gasteiger partial charge is 0.112 e. The Morgan fingerprint density at radius 3 is 3.00 bits per heavy atom. The van der Waals surface area contributed by atoms with Gasteiger partial charge in [-0.2, -0.15) is 0 Å². The quantitative estimate of drug-likeness (QED) is 0.799. The molecule has 2 N–H and O–H groups in total. The fourth-order valence-corrected chi connectivity index (χ4v) is 3.24. The van der Waals surface area contributed by atoms with Crippen molar-refractivity contribution >= 4 is 33.8 Å². The first-order chi connectivity index (χ1) is 9.63. The average molecular weight is 306 g/mol. The van der Waals surface area contributed by atoms with Gasteiger partial charge < -0.3 is 10.3 Å². The summed E-state index contributed by atoms with van der Waals surface area (Å²) in [5.74, 6) is 0. The van der Waals surface area contributed by atoms with Crippen molar-refractivity contribution in [1.82, 2.24) is 9.55 Å². The lowest BCUT2D eigenvalue weighted by Crippen LogP contribution is -2.17. The van der Waals surface area contributed by atoms with Crippen molar-refractivity contribution in [2.75, 3.05) is 0 Å². The Hall–Kier alpha value is -1.36. The van der Waals surface area contributed by atoms with Crippen molar-refractivity contribution < 1.29 is 0 Å². The molecular formula is C15H16ClN3S. The Kier molecular flexibility index (Phi) is 3.78. The molecule has 1 aromatic carbocycles. The number of hydrogen-bond acceptors (Lipinski definition) is 3. The van der Waals surface area contributed by atoms with Crippen molar-refractivity contribution in [2.45, 2.75) is 25.9 Å². The third kappa shape index (κ3) is 2.73. The monoisotopic (exact) mass is 305 g/mol. The number of hydrogen-bond donors (Lipinski definition) is 1. The van der Waals surface area contributed by atoms with E-state index in [1.54, 1.807) is 11.3 Å². The molecule has 0 aliphatic rings. The molecule has 0 fully saturated rings. The van der Waals surface area contributed by atoms with E-state index < -0.39 is 0 Å². The van der Waals surface area contributed by atoms with E-state index >= 15 is 0 Å². The molecule has 104 valence electrons. The maximum atomic E-state index is 6.14. The zero-order valence-electron chi connectivity index (χ0n) is 11.2. The van der Waals surface area contributed by atoms with Gasteiger partial charge in [0, 0.05) is 34.2 Å². The predicted octanol–water partition coefficient (Wildman–Crippen LogP) is 3.69. The molecule has 2 aromatic heterocycles. The highest BCUT2D eigenvalue weighted by Gasteiger charge is 2.11. The SMILES string of the molecule is CC(N)Cc1cn(Cc2nccs2)c2cc(Cl)ccc12. The van der Waals surface area contributed by atoms with Crippen LogP contribution in [0.3, 0.4) is 0 Å². The van der Waals surface area contributed by atoms with Crippen LogP contribution in [0.25, 0.3) is 10.9 Å². The van der Waals surface area contributed by atoms with Gasteiger partial charge >= 0.3 is 0 Å². The van der Waals surface area contributed by atoms with Gasteiger partial charge in [0.15, 0.2) is 0 Å². The molecule has 20 heavy (non-hydrogen) atoms. The molecule has 1 atom stereocenters. The first kappa shape index (κ1) is 13.6. The minimum Gasteiger partial charge on any atom is -0.340 e. The molecule has 0 spiro atoms. The minimum atomic E-state index is 0.143. The highest BCUT2D eigenvalue weighted by Crippen LogP contribution is 2.26. The fourth-order valence-electron chi connectivity index (χ4n) is 2.46. The van der Waals surface area contributed by atoms with Crippen molar-refractivity contribution in [3.63, 3.8) is 0 Å². The molecular weight excluding hydrogens is 290 g/mol. The van der Waals surface area contributed by atoms with Gasteiger partial charge in [0.25, 0.3) is 0 Å². The van der Waals surface area contributed by atoms with Gasteiger partial charge in [0.1, 0.15) is 5.01 Å². The number of halogens is 1. The van der Waals surface area contributed by atoms with Crippen LogP contribution in [0.1, 0.15) is 17.5 Å². The van der Waals surface area contributed by atoms with Crippen LogP contribution in [-0.2, 0) is 13.0 Å². The molecule has 0 saturated heterocycles. The molecule has 0 amide bonds. The molecule has 5 heteroatoms. The summed E-state index contributed by atoms with van der Waals surface area (Å²) in [7, 11) is 0. The summed E-state index contributed by atoms with van der Waals surface area (Å²) in [5.41, 5.74) is 8.35. The van der Waals surface area contributed by atoms with Crippen molar-refractivity contribution in [1.29, 1.82) is 0 Å². The van der Waals surface area contributed by atoms with Crippen LogP contribution < -0.4 is 5.73 Å². The van der Waals surface area contributed by atoms with Crippen molar-refractivity contribution in [3.8, 4) is 0 Å². The van der Waals surface area contributed by atoms with E-state index in [-0.39, 0.29) is 6.04 Å².